The molecule has 2 rings (SSSR count). The van der Waals surface area contributed by atoms with Crippen molar-refractivity contribution in [3.05, 3.63) is 47.4 Å². The highest BCUT2D eigenvalue weighted by molar-refractivity contribution is 7.80. The van der Waals surface area contributed by atoms with E-state index < -0.39 is 11.7 Å². The molecule has 1 aromatic carbocycles. The van der Waals surface area contributed by atoms with Crippen molar-refractivity contribution in [2.45, 2.75) is 0 Å². The summed E-state index contributed by atoms with van der Waals surface area (Å²) in [6, 6.07) is 5.33. The SMILES string of the molecule is NC(=S)c1cn[nH]c1NC(=O)c1cccc(F)c1. The Morgan fingerprint density at radius 2 is 2.28 bits per heavy atom. The number of carbonyl (C=O) groups is 1. The minimum Gasteiger partial charge on any atom is -0.389 e. The maximum atomic E-state index is 13.0. The third kappa shape index (κ3) is 2.51. The quantitative estimate of drug-likeness (QED) is 0.732. The van der Waals surface area contributed by atoms with Crippen LogP contribution in [0.25, 0.3) is 0 Å². The summed E-state index contributed by atoms with van der Waals surface area (Å²) >= 11 is 4.80. The second-order valence-electron chi connectivity index (χ2n) is 3.49. The first-order chi connectivity index (χ1) is 8.58. The fourth-order valence-corrected chi connectivity index (χ4v) is 1.54. The molecule has 1 heterocycles. The predicted octanol–water partition coefficient (Wildman–Crippen LogP) is 1.44. The molecule has 5 nitrogen and oxygen atoms in total. The molecule has 0 radical (unpaired) electrons. The fraction of sp³-hybridized carbons (Fsp3) is 0. The third-order valence-corrected chi connectivity index (χ3v) is 2.45. The molecule has 92 valence electrons. The molecular weight excluding hydrogens is 255 g/mol. The number of thiocarbonyl (C=S) groups is 1. The van der Waals surface area contributed by atoms with E-state index in [2.05, 4.69) is 15.5 Å². The molecule has 4 N–H and O–H groups in total. The first kappa shape index (κ1) is 12.2. The second kappa shape index (κ2) is 4.92. The molecule has 0 aliphatic heterocycles. The highest BCUT2D eigenvalue weighted by Gasteiger charge is 2.12. The van der Waals surface area contributed by atoms with E-state index in [4.69, 9.17) is 18.0 Å². The van der Waals surface area contributed by atoms with Crippen LogP contribution in [-0.2, 0) is 0 Å². The van der Waals surface area contributed by atoms with Crippen molar-refractivity contribution in [3.8, 4) is 0 Å². The lowest BCUT2D eigenvalue weighted by molar-refractivity contribution is 0.102. The molecule has 0 saturated heterocycles. The molecule has 0 atom stereocenters. The van der Waals surface area contributed by atoms with Gasteiger partial charge in [-0.15, -0.1) is 0 Å². The Balaban J connectivity index is 2.21. The molecule has 1 amide bonds. The van der Waals surface area contributed by atoms with Crippen molar-refractivity contribution in [2.75, 3.05) is 5.32 Å². The first-order valence-corrected chi connectivity index (χ1v) is 5.39. The van der Waals surface area contributed by atoms with Gasteiger partial charge < -0.3 is 11.1 Å². The maximum absolute atomic E-state index is 13.0. The monoisotopic (exact) mass is 264 g/mol. The van der Waals surface area contributed by atoms with Crippen molar-refractivity contribution in [1.29, 1.82) is 0 Å². The van der Waals surface area contributed by atoms with Crippen LogP contribution in [0.4, 0.5) is 10.2 Å². The second-order valence-corrected chi connectivity index (χ2v) is 3.93. The van der Waals surface area contributed by atoms with Gasteiger partial charge in [0, 0.05) is 5.56 Å². The summed E-state index contributed by atoms with van der Waals surface area (Å²) in [7, 11) is 0. The Morgan fingerprint density at radius 3 is 2.94 bits per heavy atom. The van der Waals surface area contributed by atoms with E-state index in [9.17, 15) is 9.18 Å². The number of amides is 1. The Morgan fingerprint density at radius 1 is 1.50 bits per heavy atom. The number of nitrogens with zero attached hydrogens (tertiary/aromatic N) is 1. The van der Waals surface area contributed by atoms with Crippen molar-refractivity contribution in [2.24, 2.45) is 5.73 Å². The number of rotatable bonds is 3. The van der Waals surface area contributed by atoms with Crippen LogP contribution < -0.4 is 11.1 Å². The average molecular weight is 264 g/mol. The summed E-state index contributed by atoms with van der Waals surface area (Å²) in [5, 5.41) is 8.81. The van der Waals surface area contributed by atoms with Gasteiger partial charge in [0.25, 0.3) is 5.91 Å². The largest absolute Gasteiger partial charge is 0.389 e. The smallest absolute Gasteiger partial charge is 0.256 e. The fourth-order valence-electron chi connectivity index (χ4n) is 1.38. The van der Waals surface area contributed by atoms with E-state index in [0.717, 1.165) is 6.07 Å². The Kier molecular flexibility index (Phi) is 3.33. The van der Waals surface area contributed by atoms with E-state index >= 15 is 0 Å². The van der Waals surface area contributed by atoms with E-state index in [1.807, 2.05) is 0 Å². The molecule has 0 bridgehead atoms. The summed E-state index contributed by atoms with van der Waals surface area (Å²) in [4.78, 5) is 11.9. The summed E-state index contributed by atoms with van der Waals surface area (Å²) in [6.45, 7) is 0. The molecule has 0 fully saturated rings. The number of aromatic amines is 1. The number of hydrogen-bond acceptors (Lipinski definition) is 3. The van der Waals surface area contributed by atoms with Crippen molar-refractivity contribution in [3.63, 3.8) is 0 Å². The molecule has 2 aromatic rings. The summed E-state index contributed by atoms with van der Waals surface area (Å²) in [5.41, 5.74) is 6.08. The van der Waals surface area contributed by atoms with Crippen LogP contribution in [0.1, 0.15) is 15.9 Å². The highest BCUT2D eigenvalue weighted by Crippen LogP contribution is 2.12. The number of nitrogens with two attached hydrogens (primary N) is 1. The molecular formula is C11H9FN4OS. The Bertz CT molecular complexity index is 611. The molecule has 7 heteroatoms. The van der Waals surface area contributed by atoms with E-state index in [1.165, 1.54) is 24.4 Å². The summed E-state index contributed by atoms with van der Waals surface area (Å²) < 4.78 is 13.0. The van der Waals surface area contributed by atoms with Gasteiger partial charge >= 0.3 is 0 Å². The zero-order valence-corrected chi connectivity index (χ0v) is 9.92. The van der Waals surface area contributed by atoms with Crippen LogP contribution in [0.5, 0.6) is 0 Å². The molecule has 1 aromatic heterocycles. The number of halogens is 1. The van der Waals surface area contributed by atoms with Crippen LogP contribution in [-0.4, -0.2) is 21.1 Å². The Hall–Kier alpha value is -2.28. The van der Waals surface area contributed by atoms with Crippen molar-refractivity contribution in [1.82, 2.24) is 10.2 Å². The number of H-pyrrole nitrogens is 1. The highest BCUT2D eigenvalue weighted by atomic mass is 32.1. The first-order valence-electron chi connectivity index (χ1n) is 4.98. The number of nitrogens with one attached hydrogen (secondary N) is 2. The zero-order valence-electron chi connectivity index (χ0n) is 9.11. The predicted molar refractivity (Wildman–Crippen MR) is 68.8 cm³/mol. The van der Waals surface area contributed by atoms with Crippen molar-refractivity contribution < 1.29 is 9.18 Å². The molecule has 0 spiro atoms. The van der Waals surface area contributed by atoms with Gasteiger partial charge in [-0.05, 0) is 18.2 Å². The van der Waals surface area contributed by atoms with Gasteiger partial charge in [-0.1, -0.05) is 18.3 Å². The lowest BCUT2D eigenvalue weighted by Crippen LogP contribution is -2.17. The van der Waals surface area contributed by atoms with Gasteiger partial charge in [-0.3, -0.25) is 9.89 Å². The van der Waals surface area contributed by atoms with Gasteiger partial charge in [0.05, 0.1) is 11.8 Å². The molecule has 0 saturated carbocycles. The minimum absolute atomic E-state index is 0.110. The average Bonchev–Trinajstić information content (AvgIpc) is 2.77. The van der Waals surface area contributed by atoms with Gasteiger partial charge in [-0.25, -0.2) is 4.39 Å². The van der Waals surface area contributed by atoms with Crippen LogP contribution in [0, 0.1) is 5.82 Å². The normalized spacial score (nSPS) is 10.1. The van der Waals surface area contributed by atoms with E-state index in [-0.39, 0.29) is 16.4 Å². The number of carbonyl (C=O) groups excluding carboxylic acids is 1. The van der Waals surface area contributed by atoms with Crippen LogP contribution >= 0.6 is 12.2 Å². The Labute approximate surface area is 107 Å². The maximum Gasteiger partial charge on any atom is 0.256 e. The van der Waals surface area contributed by atoms with Gasteiger partial charge in [0.2, 0.25) is 0 Å². The molecule has 0 aliphatic carbocycles. The molecule has 0 unspecified atom stereocenters. The lowest BCUT2D eigenvalue weighted by atomic mass is 10.2. The van der Waals surface area contributed by atoms with Gasteiger partial charge in [0.15, 0.2) is 0 Å². The van der Waals surface area contributed by atoms with E-state index in [0.29, 0.717) is 5.56 Å². The van der Waals surface area contributed by atoms with Crippen molar-refractivity contribution >= 4 is 28.9 Å². The number of hydrogen-bond donors (Lipinski definition) is 3. The van der Waals surface area contributed by atoms with Crippen LogP contribution in [0.15, 0.2) is 30.5 Å². The third-order valence-electron chi connectivity index (χ3n) is 2.23. The van der Waals surface area contributed by atoms with Crippen LogP contribution in [0.2, 0.25) is 0 Å². The zero-order chi connectivity index (χ0) is 13.1. The van der Waals surface area contributed by atoms with E-state index in [1.54, 1.807) is 0 Å². The summed E-state index contributed by atoms with van der Waals surface area (Å²) in [5.74, 6) is -0.671. The topological polar surface area (TPSA) is 83.8 Å². The van der Waals surface area contributed by atoms with Gasteiger partial charge in [-0.2, -0.15) is 5.10 Å². The number of aromatic nitrogens is 2. The number of anilines is 1. The standard InChI is InChI=1S/C11H9FN4OS/c12-7-3-1-2-6(4-7)11(17)15-10-8(9(13)18)5-14-16-10/h1-5H,(H2,13,18)(H2,14,15,16,17). The molecule has 0 aliphatic rings. The lowest BCUT2D eigenvalue weighted by Gasteiger charge is -2.04. The van der Waals surface area contributed by atoms with Crippen LogP contribution in [0.3, 0.4) is 0 Å². The molecule has 18 heavy (non-hydrogen) atoms. The number of benzene rings is 1. The minimum atomic E-state index is -0.484. The van der Waals surface area contributed by atoms with Gasteiger partial charge in [0.1, 0.15) is 16.6 Å². The summed E-state index contributed by atoms with van der Waals surface area (Å²) in [6.07, 6.45) is 1.41.